The second kappa shape index (κ2) is 5.14. The van der Waals surface area contributed by atoms with Gasteiger partial charge in [0.1, 0.15) is 0 Å². The van der Waals surface area contributed by atoms with Crippen molar-refractivity contribution in [3.8, 4) is 0 Å². The van der Waals surface area contributed by atoms with E-state index in [2.05, 4.69) is 5.32 Å². The molecule has 0 saturated carbocycles. The van der Waals surface area contributed by atoms with E-state index >= 15 is 0 Å². The van der Waals surface area contributed by atoms with Crippen LogP contribution in [-0.4, -0.2) is 16.9 Å². The van der Waals surface area contributed by atoms with Crippen molar-refractivity contribution >= 4 is 51.9 Å². The van der Waals surface area contributed by atoms with Gasteiger partial charge in [0, 0.05) is 16.7 Å². The number of hydrogen-bond acceptors (Lipinski definition) is 4. The van der Waals surface area contributed by atoms with E-state index < -0.39 is 16.9 Å². The van der Waals surface area contributed by atoms with Crippen molar-refractivity contribution in [1.82, 2.24) is 5.32 Å². The molecule has 1 aromatic rings. The molecule has 18 heavy (non-hydrogen) atoms. The van der Waals surface area contributed by atoms with E-state index in [0.717, 1.165) is 6.08 Å². The Hall–Kier alpha value is -1.30. The highest BCUT2D eigenvalue weighted by Gasteiger charge is 2.26. The Balaban J connectivity index is 2.33. The van der Waals surface area contributed by atoms with Crippen LogP contribution in [0.2, 0.25) is 10.0 Å². The summed E-state index contributed by atoms with van der Waals surface area (Å²) in [5, 5.41) is 2.15. The molecule has 2 rings (SSSR count). The highest BCUT2D eigenvalue weighted by Crippen LogP contribution is 2.26. The Labute approximate surface area is 116 Å². The van der Waals surface area contributed by atoms with Crippen molar-refractivity contribution in [1.29, 1.82) is 0 Å². The molecule has 0 aromatic heterocycles. The molecule has 0 radical (unpaired) electrons. The lowest BCUT2D eigenvalue weighted by molar-refractivity contribution is -0.115. The van der Waals surface area contributed by atoms with Crippen molar-refractivity contribution < 1.29 is 14.4 Å². The predicted octanol–water partition coefficient (Wildman–Crippen LogP) is 3.04. The van der Waals surface area contributed by atoms with E-state index in [-0.39, 0.29) is 15.5 Å². The van der Waals surface area contributed by atoms with Crippen LogP contribution < -0.4 is 5.32 Å². The fourth-order valence-corrected chi connectivity index (χ4v) is 2.34. The molecular formula is C11H5Cl2NO3S. The van der Waals surface area contributed by atoms with Gasteiger partial charge in [-0.05, 0) is 30.0 Å². The summed E-state index contributed by atoms with van der Waals surface area (Å²) in [6.45, 7) is 0. The first-order valence-corrected chi connectivity index (χ1v) is 6.29. The second-order valence-corrected chi connectivity index (χ2v) is 5.20. The molecule has 1 aliphatic heterocycles. The van der Waals surface area contributed by atoms with Crippen molar-refractivity contribution in [2.45, 2.75) is 0 Å². The van der Waals surface area contributed by atoms with Crippen LogP contribution in [0.25, 0.3) is 0 Å². The summed E-state index contributed by atoms with van der Waals surface area (Å²) in [5.74, 6) is -1.06. The summed E-state index contributed by atoms with van der Waals surface area (Å²) < 4.78 is 0. The number of amides is 2. The van der Waals surface area contributed by atoms with E-state index in [1.807, 2.05) is 0 Å². The SMILES string of the molecule is O=C1NC(=O)/C(=C/C(=O)c2cc(Cl)ccc2Cl)S1. The van der Waals surface area contributed by atoms with Crippen LogP contribution in [0.3, 0.4) is 0 Å². The zero-order valence-electron chi connectivity index (χ0n) is 8.70. The molecule has 1 aliphatic rings. The summed E-state index contributed by atoms with van der Waals surface area (Å²) >= 11 is 12.3. The van der Waals surface area contributed by atoms with Crippen LogP contribution in [0.15, 0.2) is 29.2 Å². The third-order valence-electron chi connectivity index (χ3n) is 2.10. The predicted molar refractivity (Wildman–Crippen MR) is 70.0 cm³/mol. The fraction of sp³-hybridized carbons (Fsp3) is 0. The Bertz CT molecular complexity index is 598. The third kappa shape index (κ3) is 2.75. The molecular weight excluding hydrogens is 297 g/mol. The minimum absolute atomic E-state index is 0.0426. The summed E-state index contributed by atoms with van der Waals surface area (Å²) in [7, 11) is 0. The number of carbonyl (C=O) groups is 3. The van der Waals surface area contributed by atoms with E-state index in [1.54, 1.807) is 6.07 Å². The molecule has 1 N–H and O–H groups in total. The minimum Gasteiger partial charge on any atom is -0.289 e. The number of nitrogens with one attached hydrogen (secondary N) is 1. The summed E-state index contributed by atoms with van der Waals surface area (Å²) in [5.41, 5.74) is 0.185. The molecule has 1 heterocycles. The molecule has 0 atom stereocenters. The van der Waals surface area contributed by atoms with Gasteiger partial charge in [-0.2, -0.15) is 0 Å². The molecule has 7 heteroatoms. The number of benzene rings is 1. The van der Waals surface area contributed by atoms with Gasteiger partial charge in [0.05, 0.1) is 9.93 Å². The normalized spacial score (nSPS) is 17.1. The van der Waals surface area contributed by atoms with Crippen LogP contribution in [0.1, 0.15) is 10.4 Å². The van der Waals surface area contributed by atoms with Crippen LogP contribution in [0.4, 0.5) is 4.79 Å². The maximum absolute atomic E-state index is 11.9. The van der Waals surface area contributed by atoms with Crippen LogP contribution in [0, 0.1) is 0 Å². The molecule has 1 saturated heterocycles. The van der Waals surface area contributed by atoms with Gasteiger partial charge in [-0.15, -0.1) is 0 Å². The Morgan fingerprint density at radius 1 is 1.28 bits per heavy atom. The molecule has 4 nitrogen and oxygen atoms in total. The zero-order valence-corrected chi connectivity index (χ0v) is 11.0. The van der Waals surface area contributed by atoms with Crippen molar-refractivity contribution in [3.05, 3.63) is 44.8 Å². The maximum Gasteiger partial charge on any atom is 0.290 e. The van der Waals surface area contributed by atoms with Gasteiger partial charge in [0.2, 0.25) is 0 Å². The number of rotatable bonds is 2. The molecule has 92 valence electrons. The standard InChI is InChI=1S/C11H5Cl2NO3S/c12-5-1-2-7(13)6(3-5)8(15)4-9-10(16)14-11(17)18-9/h1-4H,(H,14,16,17)/b9-4-. The van der Waals surface area contributed by atoms with Crippen LogP contribution in [-0.2, 0) is 4.79 Å². The fourth-order valence-electron chi connectivity index (χ4n) is 1.30. The minimum atomic E-state index is -0.587. The topological polar surface area (TPSA) is 63.2 Å². The Morgan fingerprint density at radius 2 is 2.00 bits per heavy atom. The summed E-state index contributed by atoms with van der Waals surface area (Å²) in [4.78, 5) is 34.2. The smallest absolute Gasteiger partial charge is 0.289 e. The summed E-state index contributed by atoms with van der Waals surface area (Å²) in [6, 6.07) is 4.44. The maximum atomic E-state index is 11.9. The van der Waals surface area contributed by atoms with Gasteiger partial charge in [-0.25, -0.2) is 0 Å². The first-order valence-electron chi connectivity index (χ1n) is 4.71. The van der Waals surface area contributed by atoms with E-state index in [1.165, 1.54) is 12.1 Å². The third-order valence-corrected chi connectivity index (χ3v) is 3.47. The van der Waals surface area contributed by atoms with Crippen molar-refractivity contribution in [2.75, 3.05) is 0 Å². The molecule has 0 aliphatic carbocycles. The van der Waals surface area contributed by atoms with Crippen molar-refractivity contribution in [3.63, 3.8) is 0 Å². The Kier molecular flexibility index (Phi) is 3.75. The molecule has 2 amide bonds. The van der Waals surface area contributed by atoms with E-state index in [4.69, 9.17) is 23.2 Å². The van der Waals surface area contributed by atoms with Gasteiger partial charge >= 0.3 is 0 Å². The van der Waals surface area contributed by atoms with Gasteiger partial charge in [-0.3, -0.25) is 19.7 Å². The quantitative estimate of drug-likeness (QED) is 0.673. The largest absolute Gasteiger partial charge is 0.290 e. The number of hydrogen-bond donors (Lipinski definition) is 1. The number of imide groups is 1. The van der Waals surface area contributed by atoms with E-state index in [0.29, 0.717) is 16.8 Å². The summed E-state index contributed by atoms with van der Waals surface area (Å²) in [6.07, 6.45) is 1.07. The first-order chi connectivity index (χ1) is 8.47. The average Bonchev–Trinajstić information content (AvgIpc) is 2.61. The molecule has 1 fully saturated rings. The van der Waals surface area contributed by atoms with Gasteiger partial charge < -0.3 is 0 Å². The molecule has 0 bridgehead atoms. The molecule has 1 aromatic carbocycles. The lowest BCUT2D eigenvalue weighted by atomic mass is 10.1. The second-order valence-electron chi connectivity index (χ2n) is 3.34. The molecule has 0 unspecified atom stereocenters. The van der Waals surface area contributed by atoms with Crippen LogP contribution >= 0.6 is 35.0 Å². The lowest BCUT2D eigenvalue weighted by Gasteiger charge is -2.00. The number of carbonyl (C=O) groups excluding carboxylic acids is 3. The monoisotopic (exact) mass is 301 g/mol. The number of thioether (sulfide) groups is 1. The van der Waals surface area contributed by atoms with Crippen molar-refractivity contribution in [2.24, 2.45) is 0 Å². The van der Waals surface area contributed by atoms with Gasteiger partial charge in [0.25, 0.3) is 11.1 Å². The van der Waals surface area contributed by atoms with Crippen LogP contribution in [0.5, 0.6) is 0 Å². The number of ketones is 1. The van der Waals surface area contributed by atoms with E-state index in [9.17, 15) is 14.4 Å². The Morgan fingerprint density at radius 3 is 2.61 bits per heavy atom. The zero-order chi connectivity index (χ0) is 13.3. The van der Waals surface area contributed by atoms with Gasteiger partial charge in [-0.1, -0.05) is 23.2 Å². The highest BCUT2D eigenvalue weighted by molar-refractivity contribution is 8.18. The molecule has 0 spiro atoms. The highest BCUT2D eigenvalue weighted by atomic mass is 35.5. The van der Waals surface area contributed by atoms with Gasteiger partial charge in [0.15, 0.2) is 5.78 Å². The average molecular weight is 302 g/mol. The lowest BCUT2D eigenvalue weighted by Crippen LogP contribution is -2.18. The number of halogens is 2. The first kappa shape index (κ1) is 13.1. The number of allylic oxidation sites excluding steroid dienone is 1.